The molecule has 0 bridgehead atoms. The molecule has 4 nitrogen and oxygen atoms in total. The standard InChI is InChI=1S/C10H17NO3/c1-3-11(2)9(12)7-4-5-8(6-7)10(13)14/h7-8H,3-6H2,1-2H3,(H,13,14)/t7-,8+/m1/s1. The van der Waals surface area contributed by atoms with Crippen LogP contribution in [0.3, 0.4) is 0 Å². The van der Waals surface area contributed by atoms with Crippen LogP contribution >= 0.6 is 0 Å². The minimum atomic E-state index is -0.764. The van der Waals surface area contributed by atoms with E-state index in [0.29, 0.717) is 19.4 Å². The second-order valence-corrected chi connectivity index (χ2v) is 3.90. The van der Waals surface area contributed by atoms with E-state index < -0.39 is 5.97 Å². The monoisotopic (exact) mass is 199 g/mol. The Morgan fingerprint density at radius 3 is 2.36 bits per heavy atom. The van der Waals surface area contributed by atoms with Gasteiger partial charge in [-0.25, -0.2) is 0 Å². The van der Waals surface area contributed by atoms with E-state index in [-0.39, 0.29) is 17.7 Å². The van der Waals surface area contributed by atoms with Crippen LogP contribution in [0.15, 0.2) is 0 Å². The Bertz CT molecular complexity index is 240. The highest BCUT2D eigenvalue weighted by Crippen LogP contribution is 2.31. The number of carbonyl (C=O) groups is 2. The van der Waals surface area contributed by atoms with Gasteiger partial charge in [-0.3, -0.25) is 9.59 Å². The number of hydrogen-bond donors (Lipinski definition) is 1. The largest absolute Gasteiger partial charge is 0.481 e. The van der Waals surface area contributed by atoms with Gasteiger partial charge >= 0.3 is 5.97 Å². The predicted molar refractivity (Wildman–Crippen MR) is 51.8 cm³/mol. The molecule has 0 unspecified atom stereocenters. The molecule has 1 aliphatic carbocycles. The topological polar surface area (TPSA) is 57.6 Å². The van der Waals surface area contributed by atoms with Crippen molar-refractivity contribution in [1.82, 2.24) is 4.90 Å². The van der Waals surface area contributed by atoms with Gasteiger partial charge in [0.1, 0.15) is 0 Å². The zero-order valence-corrected chi connectivity index (χ0v) is 8.69. The highest BCUT2D eigenvalue weighted by atomic mass is 16.4. The number of carboxylic acid groups (broad SMARTS) is 1. The van der Waals surface area contributed by atoms with Crippen LogP contribution < -0.4 is 0 Å². The van der Waals surface area contributed by atoms with Gasteiger partial charge in [0.15, 0.2) is 0 Å². The van der Waals surface area contributed by atoms with Crippen molar-refractivity contribution in [1.29, 1.82) is 0 Å². The first-order valence-corrected chi connectivity index (χ1v) is 5.04. The van der Waals surface area contributed by atoms with E-state index in [2.05, 4.69) is 0 Å². The number of aliphatic carboxylic acids is 1. The van der Waals surface area contributed by atoms with Crippen LogP contribution in [0.5, 0.6) is 0 Å². The second kappa shape index (κ2) is 4.44. The van der Waals surface area contributed by atoms with E-state index >= 15 is 0 Å². The third-order valence-electron chi connectivity index (χ3n) is 2.98. The zero-order valence-electron chi connectivity index (χ0n) is 8.69. The van der Waals surface area contributed by atoms with Crippen molar-refractivity contribution >= 4 is 11.9 Å². The summed E-state index contributed by atoms with van der Waals surface area (Å²) in [7, 11) is 1.76. The van der Waals surface area contributed by atoms with Crippen molar-refractivity contribution < 1.29 is 14.7 Å². The van der Waals surface area contributed by atoms with E-state index in [1.807, 2.05) is 6.92 Å². The summed E-state index contributed by atoms with van der Waals surface area (Å²) in [5, 5.41) is 8.78. The van der Waals surface area contributed by atoms with E-state index in [0.717, 1.165) is 6.42 Å². The van der Waals surface area contributed by atoms with Crippen molar-refractivity contribution in [3.63, 3.8) is 0 Å². The number of rotatable bonds is 3. The SMILES string of the molecule is CCN(C)C(=O)[C@@H]1CC[C@H](C(=O)O)C1. The maximum atomic E-state index is 11.7. The first-order valence-electron chi connectivity index (χ1n) is 5.04. The summed E-state index contributed by atoms with van der Waals surface area (Å²) in [5.41, 5.74) is 0. The maximum Gasteiger partial charge on any atom is 0.306 e. The molecule has 0 aliphatic heterocycles. The van der Waals surface area contributed by atoms with Crippen LogP contribution in [0.25, 0.3) is 0 Å². The summed E-state index contributed by atoms with van der Waals surface area (Å²) in [6.07, 6.45) is 1.88. The summed E-state index contributed by atoms with van der Waals surface area (Å²) < 4.78 is 0. The molecule has 1 fully saturated rings. The molecule has 80 valence electrons. The molecule has 0 aromatic rings. The lowest BCUT2D eigenvalue weighted by Gasteiger charge is -2.18. The molecule has 1 rings (SSSR count). The second-order valence-electron chi connectivity index (χ2n) is 3.90. The van der Waals surface area contributed by atoms with Crippen LogP contribution in [0.1, 0.15) is 26.2 Å². The molecular formula is C10H17NO3. The average molecular weight is 199 g/mol. The van der Waals surface area contributed by atoms with Gasteiger partial charge in [0.25, 0.3) is 0 Å². The lowest BCUT2D eigenvalue weighted by Crippen LogP contribution is -2.31. The van der Waals surface area contributed by atoms with E-state index in [1.54, 1.807) is 11.9 Å². The van der Waals surface area contributed by atoms with Gasteiger partial charge in [-0.05, 0) is 26.2 Å². The molecule has 0 heterocycles. The first kappa shape index (κ1) is 11.0. The van der Waals surface area contributed by atoms with Crippen molar-refractivity contribution in [2.24, 2.45) is 11.8 Å². The van der Waals surface area contributed by atoms with Gasteiger partial charge in [0.05, 0.1) is 5.92 Å². The van der Waals surface area contributed by atoms with E-state index in [4.69, 9.17) is 5.11 Å². The van der Waals surface area contributed by atoms with E-state index in [9.17, 15) is 9.59 Å². The highest BCUT2D eigenvalue weighted by Gasteiger charge is 2.34. The molecule has 0 spiro atoms. The molecule has 2 atom stereocenters. The van der Waals surface area contributed by atoms with Crippen LogP contribution in [0, 0.1) is 11.8 Å². The molecule has 4 heteroatoms. The van der Waals surface area contributed by atoms with Gasteiger partial charge in [-0.15, -0.1) is 0 Å². The summed E-state index contributed by atoms with van der Waals surface area (Å²) in [6.45, 7) is 2.61. The lowest BCUT2D eigenvalue weighted by atomic mass is 10.0. The van der Waals surface area contributed by atoms with Gasteiger partial charge in [-0.2, -0.15) is 0 Å². The normalized spacial score (nSPS) is 26.1. The summed E-state index contributed by atoms with van der Waals surface area (Å²) in [5.74, 6) is -1.05. The van der Waals surface area contributed by atoms with Gasteiger partial charge in [0.2, 0.25) is 5.91 Å². The molecule has 0 saturated heterocycles. The zero-order chi connectivity index (χ0) is 10.7. The van der Waals surface area contributed by atoms with Crippen LogP contribution in [-0.2, 0) is 9.59 Å². The first-order chi connectivity index (χ1) is 6.56. The quantitative estimate of drug-likeness (QED) is 0.736. The Labute approximate surface area is 83.9 Å². The summed E-state index contributed by atoms with van der Waals surface area (Å²) >= 11 is 0. The Morgan fingerprint density at radius 2 is 1.93 bits per heavy atom. The number of nitrogens with zero attached hydrogens (tertiary/aromatic N) is 1. The van der Waals surface area contributed by atoms with Crippen LogP contribution in [0.2, 0.25) is 0 Å². The number of carboxylic acids is 1. The fourth-order valence-corrected chi connectivity index (χ4v) is 1.90. The molecule has 0 aromatic carbocycles. The molecule has 1 amide bonds. The average Bonchev–Trinajstić information content (AvgIpc) is 2.64. The Balaban J connectivity index is 2.49. The van der Waals surface area contributed by atoms with Crippen molar-refractivity contribution in [3.8, 4) is 0 Å². The Morgan fingerprint density at radius 1 is 1.36 bits per heavy atom. The molecule has 14 heavy (non-hydrogen) atoms. The van der Waals surface area contributed by atoms with Crippen LogP contribution in [0.4, 0.5) is 0 Å². The molecule has 0 aromatic heterocycles. The predicted octanol–water partition coefficient (Wildman–Crippen LogP) is 0.966. The molecule has 1 aliphatic rings. The van der Waals surface area contributed by atoms with E-state index in [1.165, 1.54) is 0 Å². The lowest BCUT2D eigenvalue weighted by molar-refractivity contribution is -0.141. The summed E-state index contributed by atoms with van der Waals surface area (Å²) in [6, 6.07) is 0. The minimum Gasteiger partial charge on any atom is -0.481 e. The highest BCUT2D eigenvalue weighted by molar-refractivity contribution is 5.80. The summed E-state index contributed by atoms with van der Waals surface area (Å²) in [4.78, 5) is 24.0. The smallest absolute Gasteiger partial charge is 0.306 e. The number of hydrogen-bond acceptors (Lipinski definition) is 2. The third-order valence-corrected chi connectivity index (χ3v) is 2.98. The van der Waals surface area contributed by atoms with Gasteiger partial charge in [-0.1, -0.05) is 0 Å². The van der Waals surface area contributed by atoms with Gasteiger partial charge in [0, 0.05) is 19.5 Å². The van der Waals surface area contributed by atoms with Crippen molar-refractivity contribution in [2.45, 2.75) is 26.2 Å². The fourth-order valence-electron chi connectivity index (χ4n) is 1.90. The minimum absolute atomic E-state index is 0.0685. The van der Waals surface area contributed by atoms with Crippen LogP contribution in [-0.4, -0.2) is 35.5 Å². The number of amides is 1. The Kier molecular flexibility index (Phi) is 3.49. The third kappa shape index (κ3) is 2.25. The molecule has 1 N–H and O–H groups in total. The van der Waals surface area contributed by atoms with Crippen molar-refractivity contribution in [3.05, 3.63) is 0 Å². The molecule has 0 radical (unpaired) electrons. The van der Waals surface area contributed by atoms with Crippen molar-refractivity contribution in [2.75, 3.05) is 13.6 Å². The molecular weight excluding hydrogens is 182 g/mol. The maximum absolute atomic E-state index is 11.7. The Hall–Kier alpha value is -1.06. The van der Waals surface area contributed by atoms with Gasteiger partial charge < -0.3 is 10.0 Å². The molecule has 1 saturated carbocycles. The fraction of sp³-hybridized carbons (Fsp3) is 0.800. The number of carbonyl (C=O) groups excluding carboxylic acids is 1.